The molecule has 0 heterocycles. The average molecular weight is 342 g/mol. The minimum atomic E-state index is -0.0515. The van der Waals surface area contributed by atoms with Gasteiger partial charge in [-0.3, -0.25) is 4.79 Å². The zero-order valence-electron chi connectivity index (χ0n) is 12.4. The molecule has 0 unspecified atom stereocenters. The fourth-order valence-electron chi connectivity index (χ4n) is 2.01. The summed E-state index contributed by atoms with van der Waals surface area (Å²) < 4.78 is 5.93. The molecule has 0 atom stereocenters. The number of benzene rings is 1. The molecule has 3 nitrogen and oxygen atoms in total. The molecule has 0 aliphatic heterocycles. The summed E-state index contributed by atoms with van der Waals surface area (Å²) in [6.45, 7) is 2.95. The van der Waals surface area contributed by atoms with Crippen LogP contribution >= 0.6 is 15.9 Å². The largest absolute Gasteiger partial charge is 0.497 e. The number of ether oxygens (including phenoxy) is 1. The number of methoxy groups -OCH3 is 1. The second-order valence-electron chi connectivity index (χ2n) is 4.87. The molecular weight excluding hydrogens is 318 g/mol. The summed E-state index contributed by atoms with van der Waals surface area (Å²) in [6, 6.07) is 5.41. The minimum absolute atomic E-state index is 0.0515. The van der Waals surface area contributed by atoms with Gasteiger partial charge in [-0.15, -0.1) is 0 Å². The highest BCUT2D eigenvalue weighted by Crippen LogP contribution is 2.22. The number of carbonyl (C=O) groups excluding carboxylic acids is 1. The molecule has 0 bridgehead atoms. The van der Waals surface area contributed by atoms with Gasteiger partial charge in [0.05, 0.1) is 12.7 Å². The molecule has 0 fully saturated rings. The van der Waals surface area contributed by atoms with Crippen LogP contribution in [-0.4, -0.2) is 19.6 Å². The SMILES string of the molecule is CCCCCCCCNC(=O)c1cc(OC)ccc1Br. The maximum absolute atomic E-state index is 12.1. The average Bonchev–Trinajstić information content (AvgIpc) is 2.46. The molecule has 1 N–H and O–H groups in total. The molecular formula is C16H24BrNO2. The third kappa shape index (κ3) is 5.95. The fourth-order valence-corrected chi connectivity index (χ4v) is 2.43. The van der Waals surface area contributed by atoms with Crippen LogP contribution in [0.1, 0.15) is 55.8 Å². The van der Waals surface area contributed by atoms with E-state index in [0.29, 0.717) is 11.3 Å². The molecule has 0 aliphatic carbocycles. The van der Waals surface area contributed by atoms with E-state index in [9.17, 15) is 4.79 Å². The van der Waals surface area contributed by atoms with Gasteiger partial charge >= 0.3 is 0 Å². The van der Waals surface area contributed by atoms with Gasteiger partial charge in [-0.05, 0) is 40.5 Å². The summed E-state index contributed by atoms with van der Waals surface area (Å²) in [7, 11) is 1.60. The van der Waals surface area contributed by atoms with Gasteiger partial charge < -0.3 is 10.1 Å². The summed E-state index contributed by atoms with van der Waals surface area (Å²) in [5.41, 5.74) is 0.621. The molecule has 112 valence electrons. The monoisotopic (exact) mass is 341 g/mol. The van der Waals surface area contributed by atoms with Gasteiger partial charge in [0, 0.05) is 11.0 Å². The highest BCUT2D eigenvalue weighted by molar-refractivity contribution is 9.10. The second kappa shape index (κ2) is 9.81. The summed E-state index contributed by atoms with van der Waals surface area (Å²) >= 11 is 3.39. The van der Waals surface area contributed by atoms with Gasteiger partial charge in [-0.1, -0.05) is 39.0 Å². The first-order chi connectivity index (χ1) is 9.69. The molecule has 4 heteroatoms. The molecule has 1 aromatic rings. The Morgan fingerprint density at radius 2 is 1.90 bits per heavy atom. The lowest BCUT2D eigenvalue weighted by atomic mass is 10.1. The number of hydrogen-bond donors (Lipinski definition) is 1. The summed E-state index contributed by atoms with van der Waals surface area (Å²) in [5.74, 6) is 0.641. The van der Waals surface area contributed by atoms with Crippen molar-refractivity contribution < 1.29 is 9.53 Å². The molecule has 0 spiro atoms. The van der Waals surface area contributed by atoms with Gasteiger partial charge in [0.2, 0.25) is 0 Å². The van der Waals surface area contributed by atoms with Gasteiger partial charge in [0.15, 0.2) is 0 Å². The van der Waals surface area contributed by atoms with Crippen molar-refractivity contribution in [2.75, 3.05) is 13.7 Å². The molecule has 1 amide bonds. The Morgan fingerprint density at radius 1 is 1.20 bits per heavy atom. The summed E-state index contributed by atoms with van der Waals surface area (Å²) in [4.78, 5) is 12.1. The van der Waals surface area contributed by atoms with E-state index in [0.717, 1.165) is 17.4 Å². The van der Waals surface area contributed by atoms with Gasteiger partial charge in [-0.2, -0.15) is 0 Å². The van der Waals surface area contributed by atoms with Crippen LogP contribution in [0.3, 0.4) is 0 Å². The van der Waals surface area contributed by atoms with Crippen LogP contribution in [0.5, 0.6) is 5.75 Å². The van der Waals surface area contributed by atoms with Gasteiger partial charge in [0.25, 0.3) is 5.91 Å². The van der Waals surface area contributed by atoms with E-state index in [4.69, 9.17) is 4.74 Å². The zero-order valence-corrected chi connectivity index (χ0v) is 14.0. The van der Waals surface area contributed by atoms with E-state index in [1.807, 2.05) is 12.1 Å². The van der Waals surface area contributed by atoms with Gasteiger partial charge in [-0.25, -0.2) is 0 Å². The maximum atomic E-state index is 12.1. The van der Waals surface area contributed by atoms with Crippen LogP contribution in [-0.2, 0) is 0 Å². The Kier molecular flexibility index (Phi) is 8.35. The summed E-state index contributed by atoms with van der Waals surface area (Å²) in [6.07, 6.45) is 7.35. The standard InChI is InChI=1S/C16H24BrNO2/c1-3-4-5-6-7-8-11-18-16(19)14-12-13(20-2)9-10-15(14)17/h9-10,12H,3-8,11H2,1-2H3,(H,18,19). The van der Waals surface area contributed by atoms with Crippen LogP contribution < -0.4 is 10.1 Å². The fraction of sp³-hybridized carbons (Fsp3) is 0.562. The highest BCUT2D eigenvalue weighted by Gasteiger charge is 2.10. The van der Waals surface area contributed by atoms with E-state index in [1.165, 1.54) is 32.1 Å². The number of rotatable bonds is 9. The number of unbranched alkanes of at least 4 members (excludes halogenated alkanes) is 5. The van der Waals surface area contributed by atoms with E-state index < -0.39 is 0 Å². The van der Waals surface area contributed by atoms with Crippen LogP contribution in [0.2, 0.25) is 0 Å². The Balaban J connectivity index is 2.32. The van der Waals surface area contributed by atoms with Crippen LogP contribution in [0.4, 0.5) is 0 Å². The quantitative estimate of drug-likeness (QED) is 0.669. The number of amides is 1. The first-order valence-corrected chi connectivity index (χ1v) is 8.10. The maximum Gasteiger partial charge on any atom is 0.252 e. The normalized spacial score (nSPS) is 10.3. The van der Waals surface area contributed by atoms with Crippen LogP contribution in [0.15, 0.2) is 22.7 Å². The molecule has 0 aromatic heterocycles. The molecule has 1 aromatic carbocycles. The minimum Gasteiger partial charge on any atom is -0.497 e. The zero-order chi connectivity index (χ0) is 14.8. The van der Waals surface area contributed by atoms with Crippen molar-refractivity contribution >= 4 is 21.8 Å². The molecule has 0 saturated heterocycles. The predicted molar refractivity (Wildman–Crippen MR) is 86.4 cm³/mol. The summed E-state index contributed by atoms with van der Waals surface area (Å²) in [5, 5.41) is 2.96. The first kappa shape index (κ1) is 17.0. The van der Waals surface area contributed by atoms with E-state index in [2.05, 4.69) is 28.2 Å². The van der Waals surface area contributed by atoms with Crippen molar-refractivity contribution in [3.63, 3.8) is 0 Å². The highest BCUT2D eigenvalue weighted by atomic mass is 79.9. The number of halogens is 1. The molecule has 0 radical (unpaired) electrons. The lowest BCUT2D eigenvalue weighted by Gasteiger charge is -2.08. The van der Waals surface area contributed by atoms with Crippen molar-refractivity contribution in [2.24, 2.45) is 0 Å². The van der Waals surface area contributed by atoms with E-state index in [1.54, 1.807) is 13.2 Å². The third-order valence-electron chi connectivity index (χ3n) is 3.23. The second-order valence-corrected chi connectivity index (χ2v) is 5.72. The number of hydrogen-bond acceptors (Lipinski definition) is 2. The van der Waals surface area contributed by atoms with Crippen molar-refractivity contribution in [2.45, 2.75) is 45.4 Å². The molecule has 0 aliphatic rings. The number of nitrogens with one attached hydrogen (secondary N) is 1. The first-order valence-electron chi connectivity index (χ1n) is 7.30. The Morgan fingerprint density at radius 3 is 2.60 bits per heavy atom. The van der Waals surface area contributed by atoms with Crippen molar-refractivity contribution in [1.82, 2.24) is 5.32 Å². The smallest absolute Gasteiger partial charge is 0.252 e. The molecule has 1 rings (SSSR count). The Hall–Kier alpha value is -1.03. The third-order valence-corrected chi connectivity index (χ3v) is 3.93. The molecule has 20 heavy (non-hydrogen) atoms. The lowest BCUT2D eigenvalue weighted by molar-refractivity contribution is 0.0952. The van der Waals surface area contributed by atoms with Crippen molar-refractivity contribution in [3.8, 4) is 5.75 Å². The number of carbonyl (C=O) groups is 1. The van der Waals surface area contributed by atoms with Crippen LogP contribution in [0.25, 0.3) is 0 Å². The van der Waals surface area contributed by atoms with Crippen LogP contribution in [0, 0.1) is 0 Å². The lowest BCUT2D eigenvalue weighted by Crippen LogP contribution is -2.24. The predicted octanol–water partition coefficient (Wildman–Crippen LogP) is 4.55. The Bertz CT molecular complexity index is 421. The Labute approximate surface area is 130 Å². The molecule has 0 saturated carbocycles. The topological polar surface area (TPSA) is 38.3 Å². The van der Waals surface area contributed by atoms with E-state index >= 15 is 0 Å². The van der Waals surface area contributed by atoms with E-state index in [-0.39, 0.29) is 5.91 Å². The van der Waals surface area contributed by atoms with Crippen molar-refractivity contribution in [3.05, 3.63) is 28.2 Å². The van der Waals surface area contributed by atoms with Gasteiger partial charge in [0.1, 0.15) is 5.75 Å². The van der Waals surface area contributed by atoms with Crippen molar-refractivity contribution in [1.29, 1.82) is 0 Å².